The standard InChI is InChI=1S/C21H23ClN4O2S2/c1-15(26-12-6-5-9-20(26)16-7-3-2-4-8-16)18-11-10-17(13-19(18)22)30(27,28)25-21-23-14-24-29-21/h2-4,7-8,10-11,13-15,20H,5-6,9,12H2,1H3,(H,23,24,25)/t15?,20-/m1/s1. The van der Waals surface area contributed by atoms with Crippen molar-refractivity contribution >= 4 is 38.3 Å². The lowest BCUT2D eigenvalue weighted by molar-refractivity contribution is 0.103. The van der Waals surface area contributed by atoms with Crippen LogP contribution in [0.1, 0.15) is 49.4 Å². The topological polar surface area (TPSA) is 75.2 Å². The lowest BCUT2D eigenvalue weighted by Gasteiger charge is -2.40. The summed E-state index contributed by atoms with van der Waals surface area (Å²) in [5.41, 5.74) is 2.23. The Morgan fingerprint density at radius 3 is 2.70 bits per heavy atom. The van der Waals surface area contributed by atoms with Crippen LogP contribution in [0.2, 0.25) is 5.02 Å². The highest BCUT2D eigenvalue weighted by Crippen LogP contribution is 2.39. The van der Waals surface area contributed by atoms with Crippen molar-refractivity contribution in [3.05, 3.63) is 71.0 Å². The van der Waals surface area contributed by atoms with E-state index in [1.54, 1.807) is 6.07 Å². The van der Waals surface area contributed by atoms with Gasteiger partial charge in [0.15, 0.2) is 0 Å². The smallest absolute Gasteiger partial charge is 0.263 e. The third-order valence-electron chi connectivity index (χ3n) is 5.54. The molecule has 4 rings (SSSR count). The van der Waals surface area contributed by atoms with Crippen molar-refractivity contribution in [2.45, 2.75) is 43.2 Å². The molecule has 3 aromatic rings. The Morgan fingerprint density at radius 1 is 1.20 bits per heavy atom. The van der Waals surface area contributed by atoms with Crippen LogP contribution in [0.3, 0.4) is 0 Å². The second kappa shape index (κ2) is 9.01. The molecule has 1 saturated heterocycles. The van der Waals surface area contributed by atoms with Crippen LogP contribution in [0.5, 0.6) is 0 Å². The normalized spacial score (nSPS) is 18.8. The van der Waals surface area contributed by atoms with E-state index in [1.165, 1.54) is 24.4 Å². The minimum Gasteiger partial charge on any atom is -0.290 e. The number of sulfonamides is 1. The second-order valence-electron chi connectivity index (χ2n) is 7.37. The van der Waals surface area contributed by atoms with Gasteiger partial charge in [0.25, 0.3) is 10.0 Å². The van der Waals surface area contributed by atoms with Crippen molar-refractivity contribution in [3.63, 3.8) is 0 Å². The highest BCUT2D eigenvalue weighted by molar-refractivity contribution is 7.93. The Bertz CT molecular complexity index is 1090. The number of hydrogen-bond acceptors (Lipinski definition) is 6. The van der Waals surface area contributed by atoms with Gasteiger partial charge in [-0.15, -0.1) is 0 Å². The van der Waals surface area contributed by atoms with Gasteiger partial charge < -0.3 is 0 Å². The highest BCUT2D eigenvalue weighted by atomic mass is 35.5. The largest absolute Gasteiger partial charge is 0.290 e. The van der Waals surface area contributed by atoms with E-state index in [4.69, 9.17) is 11.6 Å². The molecule has 158 valence electrons. The maximum absolute atomic E-state index is 12.6. The molecular formula is C21H23ClN4O2S2. The van der Waals surface area contributed by atoms with Crippen LogP contribution in [0.25, 0.3) is 0 Å². The van der Waals surface area contributed by atoms with E-state index >= 15 is 0 Å². The molecule has 0 bridgehead atoms. The Balaban J connectivity index is 1.59. The number of likely N-dealkylation sites (tertiary alicyclic amines) is 1. The summed E-state index contributed by atoms with van der Waals surface area (Å²) in [7, 11) is -3.77. The van der Waals surface area contributed by atoms with Crippen LogP contribution in [0.4, 0.5) is 5.13 Å². The Morgan fingerprint density at radius 2 is 2.00 bits per heavy atom. The van der Waals surface area contributed by atoms with Crippen LogP contribution in [-0.4, -0.2) is 29.2 Å². The van der Waals surface area contributed by atoms with Crippen LogP contribution in [-0.2, 0) is 10.0 Å². The predicted molar refractivity (Wildman–Crippen MR) is 120 cm³/mol. The van der Waals surface area contributed by atoms with Gasteiger partial charge in [0.05, 0.1) is 4.90 Å². The molecule has 0 saturated carbocycles. The van der Waals surface area contributed by atoms with Crippen molar-refractivity contribution in [1.29, 1.82) is 0 Å². The molecule has 1 aromatic heterocycles. The number of piperidine rings is 1. The lowest BCUT2D eigenvalue weighted by atomic mass is 9.92. The number of aromatic nitrogens is 2. The predicted octanol–water partition coefficient (Wildman–Crippen LogP) is 5.28. The number of rotatable bonds is 6. The van der Waals surface area contributed by atoms with Crippen LogP contribution >= 0.6 is 23.1 Å². The molecule has 1 unspecified atom stereocenters. The molecule has 2 aromatic carbocycles. The fraction of sp³-hybridized carbons (Fsp3) is 0.333. The van der Waals surface area contributed by atoms with E-state index in [0.29, 0.717) is 11.1 Å². The first-order valence-electron chi connectivity index (χ1n) is 9.85. The zero-order chi connectivity index (χ0) is 21.1. The Kier molecular flexibility index (Phi) is 6.38. The van der Waals surface area contributed by atoms with E-state index in [1.807, 2.05) is 12.1 Å². The zero-order valence-corrected chi connectivity index (χ0v) is 18.9. The molecule has 30 heavy (non-hydrogen) atoms. The maximum atomic E-state index is 12.6. The van der Waals surface area contributed by atoms with Crippen LogP contribution < -0.4 is 4.72 Å². The summed E-state index contributed by atoms with van der Waals surface area (Å²) in [5, 5.41) is 0.669. The first kappa shape index (κ1) is 21.2. The molecule has 1 fully saturated rings. The van der Waals surface area contributed by atoms with Gasteiger partial charge in [-0.2, -0.15) is 4.37 Å². The van der Waals surface area contributed by atoms with Gasteiger partial charge in [0.2, 0.25) is 5.13 Å². The Hall–Kier alpha value is -2.00. The summed E-state index contributed by atoms with van der Waals surface area (Å²) in [6.07, 6.45) is 4.75. The zero-order valence-electron chi connectivity index (χ0n) is 16.5. The highest BCUT2D eigenvalue weighted by Gasteiger charge is 2.30. The minimum atomic E-state index is -3.77. The number of hydrogen-bond donors (Lipinski definition) is 1. The molecule has 9 heteroatoms. The first-order chi connectivity index (χ1) is 14.5. The summed E-state index contributed by atoms with van der Waals surface area (Å²) in [4.78, 5) is 6.45. The molecule has 0 amide bonds. The van der Waals surface area contributed by atoms with E-state index < -0.39 is 10.0 Å². The molecule has 0 aliphatic carbocycles. The molecule has 2 atom stereocenters. The van der Waals surface area contributed by atoms with Gasteiger partial charge in [0.1, 0.15) is 6.33 Å². The minimum absolute atomic E-state index is 0.0656. The van der Waals surface area contributed by atoms with Crippen molar-refractivity contribution in [3.8, 4) is 0 Å². The fourth-order valence-electron chi connectivity index (χ4n) is 4.04. The van der Waals surface area contributed by atoms with E-state index in [0.717, 1.165) is 36.5 Å². The summed E-state index contributed by atoms with van der Waals surface area (Å²) in [6, 6.07) is 15.8. The second-order valence-corrected chi connectivity index (χ2v) is 10.2. The van der Waals surface area contributed by atoms with Crippen LogP contribution in [0.15, 0.2) is 59.8 Å². The monoisotopic (exact) mass is 462 g/mol. The molecular weight excluding hydrogens is 440 g/mol. The number of benzene rings is 2. The van der Waals surface area contributed by atoms with Crippen molar-refractivity contribution in [1.82, 2.24) is 14.3 Å². The molecule has 1 aliphatic heterocycles. The van der Waals surface area contributed by atoms with E-state index in [9.17, 15) is 8.42 Å². The van der Waals surface area contributed by atoms with Crippen molar-refractivity contribution in [2.24, 2.45) is 0 Å². The summed E-state index contributed by atoms with van der Waals surface area (Å²) in [5.74, 6) is 0. The van der Waals surface area contributed by atoms with E-state index in [-0.39, 0.29) is 16.1 Å². The Labute approximate surface area is 186 Å². The molecule has 6 nitrogen and oxygen atoms in total. The van der Waals surface area contributed by atoms with Gasteiger partial charge in [-0.3, -0.25) is 9.62 Å². The van der Waals surface area contributed by atoms with Gasteiger partial charge in [0, 0.05) is 28.6 Å². The van der Waals surface area contributed by atoms with Crippen LogP contribution in [0, 0.1) is 0 Å². The maximum Gasteiger partial charge on any atom is 0.263 e. The average molecular weight is 463 g/mol. The van der Waals surface area contributed by atoms with Gasteiger partial charge in [-0.05, 0) is 49.6 Å². The number of nitrogens with one attached hydrogen (secondary N) is 1. The van der Waals surface area contributed by atoms with Crippen molar-refractivity contribution < 1.29 is 8.42 Å². The first-order valence-corrected chi connectivity index (χ1v) is 12.5. The quantitative estimate of drug-likeness (QED) is 0.539. The third kappa shape index (κ3) is 4.51. The average Bonchev–Trinajstić information content (AvgIpc) is 3.26. The third-order valence-corrected chi connectivity index (χ3v) is 7.91. The number of halogens is 1. The number of nitrogens with zero attached hydrogens (tertiary/aromatic N) is 3. The molecule has 0 radical (unpaired) electrons. The summed E-state index contributed by atoms with van der Waals surface area (Å²) in [6.45, 7) is 3.12. The summed E-state index contributed by atoms with van der Waals surface area (Å²) >= 11 is 7.56. The number of anilines is 1. The SMILES string of the molecule is CC(c1ccc(S(=O)(=O)Nc2ncns2)cc1Cl)N1CCCC[C@@H]1c1ccccc1. The van der Waals surface area contributed by atoms with E-state index in [2.05, 4.69) is 50.2 Å². The summed E-state index contributed by atoms with van der Waals surface area (Å²) < 4.78 is 31.5. The molecule has 1 aliphatic rings. The van der Waals surface area contributed by atoms with Gasteiger partial charge in [-0.25, -0.2) is 13.4 Å². The van der Waals surface area contributed by atoms with Gasteiger partial charge >= 0.3 is 0 Å². The molecule has 0 spiro atoms. The fourth-order valence-corrected chi connectivity index (χ4v) is 6.13. The van der Waals surface area contributed by atoms with Crippen molar-refractivity contribution in [2.75, 3.05) is 11.3 Å². The molecule has 2 heterocycles. The molecule has 1 N–H and O–H groups in total. The van der Waals surface area contributed by atoms with Gasteiger partial charge in [-0.1, -0.05) is 54.4 Å². The lowest BCUT2D eigenvalue weighted by Crippen LogP contribution is -2.35.